The van der Waals surface area contributed by atoms with Crippen LogP contribution in [0.15, 0.2) is 60.0 Å². The van der Waals surface area contributed by atoms with Gasteiger partial charge in [0.25, 0.3) is 5.91 Å². The van der Waals surface area contributed by atoms with Gasteiger partial charge >= 0.3 is 0 Å². The first-order valence-electron chi connectivity index (χ1n) is 9.38. The van der Waals surface area contributed by atoms with E-state index in [1.54, 1.807) is 23.5 Å². The molecule has 0 atom stereocenters. The maximum Gasteiger partial charge on any atom is 0.255 e. The van der Waals surface area contributed by atoms with Gasteiger partial charge in [-0.3, -0.25) is 9.59 Å². The molecule has 1 saturated heterocycles. The maximum absolute atomic E-state index is 12.2. The predicted octanol–water partition coefficient (Wildman–Crippen LogP) is 4.23. The number of thiazole rings is 1. The summed E-state index contributed by atoms with van der Waals surface area (Å²) >= 11 is 1.62. The first-order chi connectivity index (χ1) is 13.7. The summed E-state index contributed by atoms with van der Waals surface area (Å²) in [5.41, 5.74) is 3.32. The highest BCUT2D eigenvalue weighted by atomic mass is 32.1. The van der Waals surface area contributed by atoms with E-state index in [2.05, 4.69) is 5.32 Å². The molecule has 1 aromatic heterocycles. The van der Waals surface area contributed by atoms with E-state index >= 15 is 0 Å². The summed E-state index contributed by atoms with van der Waals surface area (Å²) in [6, 6.07) is 16.8. The number of benzene rings is 2. The van der Waals surface area contributed by atoms with Crippen molar-refractivity contribution in [3.05, 3.63) is 70.5 Å². The lowest BCUT2D eigenvalue weighted by atomic mass is 10.1. The van der Waals surface area contributed by atoms with Crippen LogP contribution in [0.4, 0.5) is 5.69 Å². The number of carbonyl (C=O) groups excluding carboxylic acids is 2. The van der Waals surface area contributed by atoms with Crippen molar-refractivity contribution in [3.63, 3.8) is 0 Å². The second kappa shape index (κ2) is 8.35. The van der Waals surface area contributed by atoms with Crippen LogP contribution in [0.2, 0.25) is 0 Å². The average Bonchev–Trinajstić information content (AvgIpc) is 3.36. The smallest absolute Gasteiger partial charge is 0.255 e. The summed E-state index contributed by atoms with van der Waals surface area (Å²) in [5, 5.41) is 5.98. The fourth-order valence-electron chi connectivity index (χ4n) is 3.25. The van der Waals surface area contributed by atoms with Crippen LogP contribution >= 0.6 is 11.3 Å². The quantitative estimate of drug-likeness (QED) is 0.684. The van der Waals surface area contributed by atoms with Crippen LogP contribution in [-0.4, -0.2) is 34.8 Å². The highest BCUT2D eigenvalue weighted by Gasteiger charge is 2.19. The van der Waals surface area contributed by atoms with E-state index in [0.717, 1.165) is 47.9 Å². The Labute approximate surface area is 168 Å². The van der Waals surface area contributed by atoms with Gasteiger partial charge in [-0.05, 0) is 30.7 Å². The minimum absolute atomic E-state index is 0.124. The second-order valence-corrected chi connectivity index (χ2v) is 7.70. The molecule has 6 heteroatoms. The number of hydrogen-bond donors (Lipinski definition) is 1. The zero-order valence-corrected chi connectivity index (χ0v) is 16.2. The Kier molecular flexibility index (Phi) is 5.48. The molecule has 28 heavy (non-hydrogen) atoms. The lowest BCUT2D eigenvalue weighted by Gasteiger charge is -2.13. The maximum atomic E-state index is 12.2. The lowest BCUT2D eigenvalue weighted by Crippen LogP contribution is -2.26. The van der Waals surface area contributed by atoms with Crippen molar-refractivity contribution in [2.75, 3.05) is 18.4 Å². The van der Waals surface area contributed by atoms with Crippen molar-refractivity contribution in [2.45, 2.75) is 19.3 Å². The molecule has 1 fully saturated rings. The third kappa shape index (κ3) is 4.28. The van der Waals surface area contributed by atoms with Gasteiger partial charge in [-0.1, -0.05) is 30.3 Å². The third-order valence-electron chi connectivity index (χ3n) is 4.79. The number of anilines is 1. The molecule has 2 amide bonds. The van der Waals surface area contributed by atoms with Gasteiger partial charge < -0.3 is 10.2 Å². The zero-order chi connectivity index (χ0) is 19.3. The molecular formula is C22H21N3O2S. The van der Waals surface area contributed by atoms with Crippen LogP contribution in [0.5, 0.6) is 0 Å². The summed E-state index contributed by atoms with van der Waals surface area (Å²) in [4.78, 5) is 30.5. The van der Waals surface area contributed by atoms with E-state index in [1.807, 2.05) is 52.7 Å². The number of carbonyl (C=O) groups is 2. The van der Waals surface area contributed by atoms with E-state index < -0.39 is 0 Å². The van der Waals surface area contributed by atoms with Crippen LogP contribution < -0.4 is 5.32 Å². The SMILES string of the molecule is O=C(Nc1ccc(-c2csc(CCN3CCCC3=O)n2)cc1)c1ccccc1. The van der Waals surface area contributed by atoms with Crippen molar-refractivity contribution >= 4 is 28.8 Å². The Morgan fingerprint density at radius 2 is 1.89 bits per heavy atom. The van der Waals surface area contributed by atoms with Crippen LogP contribution in [0.25, 0.3) is 11.3 Å². The normalized spacial score (nSPS) is 13.7. The van der Waals surface area contributed by atoms with Gasteiger partial charge in [0, 0.05) is 48.1 Å². The summed E-state index contributed by atoms with van der Waals surface area (Å²) in [5.74, 6) is 0.130. The lowest BCUT2D eigenvalue weighted by molar-refractivity contribution is -0.127. The highest BCUT2D eigenvalue weighted by Crippen LogP contribution is 2.24. The largest absolute Gasteiger partial charge is 0.342 e. The first-order valence-corrected chi connectivity index (χ1v) is 10.3. The Hall–Kier alpha value is -2.99. The fourth-order valence-corrected chi connectivity index (χ4v) is 4.04. The van der Waals surface area contributed by atoms with Crippen LogP contribution in [0.1, 0.15) is 28.2 Å². The Morgan fingerprint density at radius 1 is 1.11 bits per heavy atom. The molecule has 5 nitrogen and oxygen atoms in total. The number of nitrogens with one attached hydrogen (secondary N) is 1. The summed E-state index contributed by atoms with van der Waals surface area (Å²) in [6.07, 6.45) is 2.44. The molecule has 0 radical (unpaired) electrons. The highest BCUT2D eigenvalue weighted by molar-refractivity contribution is 7.09. The predicted molar refractivity (Wildman–Crippen MR) is 111 cm³/mol. The summed E-state index contributed by atoms with van der Waals surface area (Å²) in [7, 11) is 0. The molecular weight excluding hydrogens is 370 g/mol. The van der Waals surface area contributed by atoms with E-state index in [9.17, 15) is 9.59 Å². The molecule has 1 aliphatic rings. The van der Waals surface area contributed by atoms with E-state index in [4.69, 9.17) is 4.98 Å². The van der Waals surface area contributed by atoms with Gasteiger partial charge in [-0.2, -0.15) is 0 Å². The minimum Gasteiger partial charge on any atom is -0.342 e. The molecule has 3 aromatic rings. The average molecular weight is 391 g/mol. The van der Waals surface area contributed by atoms with Crippen molar-refractivity contribution in [2.24, 2.45) is 0 Å². The summed E-state index contributed by atoms with van der Waals surface area (Å²) in [6.45, 7) is 1.61. The van der Waals surface area contributed by atoms with Gasteiger partial charge in [-0.25, -0.2) is 4.98 Å². The van der Waals surface area contributed by atoms with Crippen molar-refractivity contribution in [3.8, 4) is 11.3 Å². The topological polar surface area (TPSA) is 62.3 Å². The van der Waals surface area contributed by atoms with E-state index in [-0.39, 0.29) is 11.8 Å². The number of hydrogen-bond acceptors (Lipinski definition) is 4. The van der Waals surface area contributed by atoms with Gasteiger partial charge in [0.05, 0.1) is 10.7 Å². The molecule has 142 valence electrons. The van der Waals surface area contributed by atoms with Gasteiger partial charge in [0.2, 0.25) is 5.91 Å². The molecule has 4 rings (SSSR count). The zero-order valence-electron chi connectivity index (χ0n) is 15.4. The molecule has 0 unspecified atom stereocenters. The van der Waals surface area contributed by atoms with Gasteiger partial charge in [-0.15, -0.1) is 11.3 Å². The monoisotopic (exact) mass is 391 g/mol. The Bertz CT molecular complexity index is 967. The molecule has 1 aliphatic heterocycles. The molecule has 1 N–H and O–H groups in total. The second-order valence-electron chi connectivity index (χ2n) is 6.76. The fraction of sp³-hybridized carbons (Fsp3) is 0.227. The molecule has 0 spiro atoms. The van der Waals surface area contributed by atoms with E-state index in [1.165, 1.54) is 0 Å². The number of rotatable bonds is 6. The number of aromatic nitrogens is 1. The van der Waals surface area contributed by atoms with Crippen molar-refractivity contribution in [1.29, 1.82) is 0 Å². The standard InChI is InChI=1S/C22H21N3O2S/c26-21-7-4-13-25(21)14-12-20-24-19(15-28-20)16-8-10-18(11-9-16)23-22(27)17-5-2-1-3-6-17/h1-3,5-6,8-11,15H,4,7,12-14H2,(H,23,27). The molecule has 2 heterocycles. The van der Waals surface area contributed by atoms with Crippen LogP contribution in [0.3, 0.4) is 0 Å². The molecule has 0 aliphatic carbocycles. The minimum atomic E-state index is -0.124. The number of amides is 2. The van der Waals surface area contributed by atoms with Crippen molar-refractivity contribution in [1.82, 2.24) is 9.88 Å². The third-order valence-corrected chi connectivity index (χ3v) is 5.70. The van der Waals surface area contributed by atoms with Crippen molar-refractivity contribution < 1.29 is 9.59 Å². The molecule has 0 saturated carbocycles. The Morgan fingerprint density at radius 3 is 2.61 bits per heavy atom. The van der Waals surface area contributed by atoms with Crippen LogP contribution in [0, 0.1) is 0 Å². The molecule has 2 aromatic carbocycles. The molecule has 0 bridgehead atoms. The number of nitrogens with zero attached hydrogens (tertiary/aromatic N) is 2. The summed E-state index contributed by atoms with van der Waals surface area (Å²) < 4.78 is 0. The first kappa shape index (κ1) is 18.4. The van der Waals surface area contributed by atoms with E-state index in [0.29, 0.717) is 12.0 Å². The number of likely N-dealkylation sites (tertiary alicyclic amines) is 1. The van der Waals surface area contributed by atoms with Gasteiger partial charge in [0.1, 0.15) is 0 Å². The van der Waals surface area contributed by atoms with Crippen LogP contribution in [-0.2, 0) is 11.2 Å². The van der Waals surface area contributed by atoms with Gasteiger partial charge in [0.15, 0.2) is 0 Å². The Balaban J connectivity index is 1.37.